The number of amides is 1. The summed E-state index contributed by atoms with van der Waals surface area (Å²) in [5.74, 6) is 0.300. The molecule has 0 radical (unpaired) electrons. The number of nitrogens with zero attached hydrogens (tertiary/aromatic N) is 1. The molecule has 0 saturated carbocycles. The highest BCUT2D eigenvalue weighted by Crippen LogP contribution is 2.08. The average molecular weight is 301 g/mol. The lowest BCUT2D eigenvalue weighted by atomic mass is 10.00. The third-order valence-electron chi connectivity index (χ3n) is 3.12. The van der Waals surface area contributed by atoms with Gasteiger partial charge in [-0.1, -0.05) is 27.7 Å². The molecule has 0 aliphatic carbocycles. The van der Waals surface area contributed by atoms with Crippen LogP contribution in [0.1, 0.15) is 53.9 Å². The molecule has 0 heterocycles. The van der Waals surface area contributed by atoms with Crippen LogP contribution < -0.4 is 11.1 Å². The Morgan fingerprint density at radius 3 is 2.05 bits per heavy atom. The van der Waals surface area contributed by atoms with Gasteiger partial charge in [-0.25, -0.2) is 0 Å². The van der Waals surface area contributed by atoms with E-state index < -0.39 is 0 Å². The summed E-state index contributed by atoms with van der Waals surface area (Å²) in [5, 5.41) is 2.87. The zero-order valence-corrected chi connectivity index (χ0v) is 14.9. The summed E-state index contributed by atoms with van der Waals surface area (Å²) in [5.41, 5.74) is 5.49. The first-order chi connectivity index (χ1) is 9.79. The maximum atomic E-state index is 12.2. The van der Waals surface area contributed by atoms with Crippen molar-refractivity contribution in [3.05, 3.63) is 0 Å². The molecule has 1 amide bonds. The molecule has 5 heteroatoms. The normalized spacial score (nSPS) is 13.4. The average Bonchev–Trinajstić information content (AvgIpc) is 2.39. The molecule has 0 rings (SSSR count). The lowest BCUT2D eigenvalue weighted by molar-refractivity contribution is -0.130. The zero-order valence-electron chi connectivity index (χ0n) is 14.9. The standard InChI is InChI=1S/C14H29N3O2.C2H6/c1-10(2)9-12(11(3)18)16-14(19)13(17(4)5)7-6-8-15;1-2/h10,12-13H,6-9,15H2,1-5H3,(H,16,19);1-2H3. The first kappa shape index (κ1) is 22.3. The quantitative estimate of drug-likeness (QED) is 0.681. The molecule has 2 atom stereocenters. The van der Waals surface area contributed by atoms with Crippen LogP contribution in [0.3, 0.4) is 0 Å². The Balaban J connectivity index is 0. The maximum absolute atomic E-state index is 12.2. The van der Waals surface area contributed by atoms with Crippen molar-refractivity contribution in [2.24, 2.45) is 11.7 Å². The van der Waals surface area contributed by atoms with Crippen LogP contribution in [0.15, 0.2) is 0 Å². The monoisotopic (exact) mass is 301 g/mol. The summed E-state index contributed by atoms with van der Waals surface area (Å²) in [6.07, 6.45) is 2.19. The summed E-state index contributed by atoms with van der Waals surface area (Å²) in [4.78, 5) is 25.7. The molecule has 21 heavy (non-hydrogen) atoms. The van der Waals surface area contributed by atoms with Crippen LogP contribution in [0, 0.1) is 5.92 Å². The van der Waals surface area contributed by atoms with Crippen LogP contribution in [-0.2, 0) is 9.59 Å². The van der Waals surface area contributed by atoms with E-state index in [1.165, 1.54) is 6.92 Å². The number of rotatable bonds is 9. The molecule has 5 nitrogen and oxygen atoms in total. The number of nitrogens with one attached hydrogen (secondary N) is 1. The highest BCUT2D eigenvalue weighted by Gasteiger charge is 2.25. The third-order valence-corrected chi connectivity index (χ3v) is 3.12. The zero-order chi connectivity index (χ0) is 17.0. The smallest absolute Gasteiger partial charge is 0.237 e. The molecule has 0 aliphatic rings. The van der Waals surface area contributed by atoms with E-state index in [4.69, 9.17) is 5.73 Å². The summed E-state index contributed by atoms with van der Waals surface area (Å²) >= 11 is 0. The van der Waals surface area contributed by atoms with Gasteiger partial charge in [0.25, 0.3) is 0 Å². The van der Waals surface area contributed by atoms with E-state index in [0.29, 0.717) is 25.3 Å². The van der Waals surface area contributed by atoms with Gasteiger partial charge in [0.1, 0.15) is 0 Å². The van der Waals surface area contributed by atoms with Gasteiger partial charge in [0.15, 0.2) is 5.78 Å². The molecular formula is C16H35N3O2. The van der Waals surface area contributed by atoms with Gasteiger partial charge >= 0.3 is 0 Å². The van der Waals surface area contributed by atoms with Gasteiger partial charge in [0.2, 0.25) is 5.91 Å². The van der Waals surface area contributed by atoms with E-state index in [0.717, 1.165) is 6.42 Å². The minimum absolute atomic E-state index is 0.0124. The molecule has 0 aliphatic heterocycles. The molecule has 0 aromatic heterocycles. The van der Waals surface area contributed by atoms with E-state index in [2.05, 4.69) is 5.32 Å². The molecular weight excluding hydrogens is 266 g/mol. The summed E-state index contributed by atoms with van der Waals surface area (Å²) < 4.78 is 0. The number of hydrogen-bond donors (Lipinski definition) is 2. The minimum Gasteiger partial charge on any atom is -0.345 e. The Labute approximate surface area is 130 Å². The molecule has 0 fully saturated rings. The lowest BCUT2D eigenvalue weighted by Crippen LogP contribution is -2.49. The molecule has 0 bridgehead atoms. The Kier molecular flexibility index (Phi) is 13.6. The first-order valence-corrected chi connectivity index (χ1v) is 7.96. The second-order valence-corrected chi connectivity index (χ2v) is 5.71. The fourth-order valence-electron chi connectivity index (χ4n) is 2.00. The van der Waals surface area contributed by atoms with Crippen molar-refractivity contribution in [1.29, 1.82) is 0 Å². The van der Waals surface area contributed by atoms with Crippen molar-refractivity contribution in [3.63, 3.8) is 0 Å². The van der Waals surface area contributed by atoms with Gasteiger partial charge in [0.05, 0.1) is 12.1 Å². The molecule has 2 unspecified atom stereocenters. The molecule has 3 N–H and O–H groups in total. The highest BCUT2D eigenvalue weighted by atomic mass is 16.2. The van der Waals surface area contributed by atoms with Gasteiger partial charge < -0.3 is 11.1 Å². The van der Waals surface area contributed by atoms with Crippen LogP contribution in [0.25, 0.3) is 0 Å². The van der Waals surface area contributed by atoms with Gasteiger partial charge in [0, 0.05) is 0 Å². The third kappa shape index (κ3) is 10.4. The second kappa shape index (κ2) is 12.8. The number of nitrogens with two attached hydrogens (primary N) is 1. The van der Waals surface area contributed by atoms with E-state index in [1.54, 1.807) is 0 Å². The second-order valence-electron chi connectivity index (χ2n) is 5.71. The van der Waals surface area contributed by atoms with Crippen molar-refractivity contribution in [1.82, 2.24) is 10.2 Å². The van der Waals surface area contributed by atoms with Crippen LogP contribution >= 0.6 is 0 Å². The van der Waals surface area contributed by atoms with E-state index >= 15 is 0 Å². The molecule has 0 saturated heterocycles. The van der Waals surface area contributed by atoms with E-state index in [1.807, 2.05) is 46.7 Å². The summed E-state index contributed by atoms with van der Waals surface area (Å²) in [6, 6.07) is -0.606. The van der Waals surface area contributed by atoms with Crippen LogP contribution in [-0.4, -0.2) is 49.3 Å². The number of carbonyl (C=O) groups is 2. The van der Waals surface area contributed by atoms with Gasteiger partial charge in [-0.05, 0) is 52.7 Å². The van der Waals surface area contributed by atoms with Crippen LogP contribution in [0.2, 0.25) is 0 Å². The van der Waals surface area contributed by atoms with Crippen molar-refractivity contribution >= 4 is 11.7 Å². The van der Waals surface area contributed by atoms with Crippen LogP contribution in [0.4, 0.5) is 0 Å². The molecule has 126 valence electrons. The van der Waals surface area contributed by atoms with Gasteiger partial charge in [-0.3, -0.25) is 14.5 Å². The van der Waals surface area contributed by atoms with Crippen molar-refractivity contribution in [3.8, 4) is 0 Å². The molecule has 0 aromatic carbocycles. The van der Waals surface area contributed by atoms with E-state index in [-0.39, 0.29) is 23.8 Å². The Hall–Kier alpha value is -0.940. The predicted molar refractivity (Wildman–Crippen MR) is 89.2 cm³/mol. The summed E-state index contributed by atoms with van der Waals surface area (Å²) in [7, 11) is 3.73. The van der Waals surface area contributed by atoms with Gasteiger partial charge in [-0.2, -0.15) is 0 Å². The van der Waals surface area contributed by atoms with Crippen molar-refractivity contribution in [2.45, 2.75) is 66.0 Å². The van der Waals surface area contributed by atoms with Crippen molar-refractivity contribution < 1.29 is 9.59 Å². The maximum Gasteiger partial charge on any atom is 0.237 e. The SMILES string of the molecule is CC.CC(=O)C(CC(C)C)NC(=O)C(CCCN)N(C)C. The lowest BCUT2D eigenvalue weighted by Gasteiger charge is -2.26. The van der Waals surface area contributed by atoms with E-state index in [9.17, 15) is 9.59 Å². The predicted octanol–water partition coefficient (Wildman–Crippen LogP) is 1.80. The Morgan fingerprint density at radius 2 is 1.71 bits per heavy atom. The number of likely N-dealkylation sites (N-methyl/N-ethyl adjacent to an activating group) is 1. The Bertz CT molecular complexity index is 291. The number of Topliss-reactive ketones (excluding diaryl/α,β-unsaturated/α-hetero) is 1. The molecule has 0 aromatic rings. The summed E-state index contributed by atoms with van der Waals surface area (Å²) in [6.45, 7) is 10.2. The van der Waals surface area contributed by atoms with Crippen molar-refractivity contribution in [2.75, 3.05) is 20.6 Å². The van der Waals surface area contributed by atoms with Gasteiger partial charge in [-0.15, -0.1) is 0 Å². The topological polar surface area (TPSA) is 75.4 Å². The Morgan fingerprint density at radius 1 is 1.19 bits per heavy atom. The number of ketones is 1. The number of hydrogen-bond acceptors (Lipinski definition) is 4. The minimum atomic E-state index is -0.382. The van der Waals surface area contributed by atoms with Crippen LogP contribution in [0.5, 0.6) is 0 Å². The first-order valence-electron chi connectivity index (χ1n) is 7.96. The fourth-order valence-corrected chi connectivity index (χ4v) is 2.00. The largest absolute Gasteiger partial charge is 0.345 e. The number of carbonyl (C=O) groups excluding carboxylic acids is 2. The highest BCUT2D eigenvalue weighted by molar-refractivity contribution is 5.89. The fraction of sp³-hybridized carbons (Fsp3) is 0.875. The molecule has 0 spiro atoms.